The van der Waals surface area contributed by atoms with Gasteiger partial charge in [0.25, 0.3) is 0 Å². The van der Waals surface area contributed by atoms with Crippen LogP contribution in [0.4, 0.5) is 0 Å². The summed E-state index contributed by atoms with van der Waals surface area (Å²) in [5.74, 6) is 0.337. The predicted octanol–water partition coefficient (Wildman–Crippen LogP) is 2.76. The van der Waals surface area contributed by atoms with Crippen LogP contribution in [0, 0.1) is 0 Å². The van der Waals surface area contributed by atoms with E-state index in [0.29, 0.717) is 12.2 Å². The topological polar surface area (TPSA) is 29.1 Å². The molecular formula is C11H14BrNOS. The van der Waals surface area contributed by atoms with Gasteiger partial charge in [0.1, 0.15) is 0 Å². The number of halogens is 1. The molecule has 1 aliphatic rings. The van der Waals surface area contributed by atoms with E-state index in [1.807, 2.05) is 11.4 Å². The Balaban J connectivity index is 1.91. The van der Waals surface area contributed by atoms with Crippen LogP contribution in [0.1, 0.15) is 24.1 Å². The van der Waals surface area contributed by atoms with Gasteiger partial charge in [0.05, 0.1) is 6.04 Å². The van der Waals surface area contributed by atoms with Crippen LogP contribution in [0.5, 0.6) is 0 Å². The monoisotopic (exact) mass is 287 g/mol. The molecule has 1 aromatic rings. The molecule has 0 bridgehead atoms. The number of rotatable bonds is 3. The minimum atomic E-state index is 0.0969. The largest absolute Gasteiger partial charge is 0.307 e. The summed E-state index contributed by atoms with van der Waals surface area (Å²) in [6.07, 6.45) is 3.96. The van der Waals surface area contributed by atoms with E-state index in [1.165, 1.54) is 12.8 Å². The highest BCUT2D eigenvalue weighted by molar-refractivity contribution is 9.10. The van der Waals surface area contributed by atoms with Crippen LogP contribution in [0.15, 0.2) is 15.9 Å². The lowest BCUT2D eigenvalue weighted by Gasteiger charge is -2.21. The molecule has 0 saturated carbocycles. The summed E-state index contributed by atoms with van der Waals surface area (Å²) in [6, 6.07) is 2.13. The van der Waals surface area contributed by atoms with Crippen molar-refractivity contribution < 1.29 is 4.79 Å². The number of thiophene rings is 1. The van der Waals surface area contributed by atoms with Gasteiger partial charge in [0.2, 0.25) is 0 Å². The Bertz CT molecular complexity index is 344. The van der Waals surface area contributed by atoms with Gasteiger partial charge in [-0.3, -0.25) is 4.79 Å². The highest BCUT2D eigenvalue weighted by Crippen LogP contribution is 2.21. The molecule has 2 heterocycles. The zero-order valence-corrected chi connectivity index (χ0v) is 10.9. The summed E-state index contributed by atoms with van der Waals surface area (Å²) in [5, 5.41) is 5.31. The van der Waals surface area contributed by atoms with Crippen LogP contribution in [-0.4, -0.2) is 18.4 Å². The number of hydrogen-bond donors (Lipinski definition) is 1. The second kappa shape index (κ2) is 5.23. The molecule has 2 nitrogen and oxygen atoms in total. The maximum absolute atomic E-state index is 11.9. The van der Waals surface area contributed by atoms with Crippen molar-refractivity contribution in [1.29, 1.82) is 0 Å². The smallest absolute Gasteiger partial charge is 0.154 e. The zero-order chi connectivity index (χ0) is 10.7. The molecule has 1 N–H and O–H groups in total. The van der Waals surface area contributed by atoms with Gasteiger partial charge in [-0.25, -0.2) is 0 Å². The minimum Gasteiger partial charge on any atom is -0.307 e. The molecule has 1 saturated heterocycles. The Hall–Kier alpha value is -0.190. The number of carbonyl (C=O) groups is 1. The first-order valence-corrected chi connectivity index (χ1v) is 6.92. The van der Waals surface area contributed by atoms with Crippen molar-refractivity contribution in [2.75, 3.05) is 6.54 Å². The standard InChI is InChI=1S/C11H14BrNOS/c12-8-5-9(15-7-8)6-11(14)10-3-1-2-4-13-10/h5,7,10,13H,1-4,6H2. The Kier molecular flexibility index (Phi) is 3.94. The molecular weight excluding hydrogens is 274 g/mol. The minimum absolute atomic E-state index is 0.0969. The van der Waals surface area contributed by atoms with Crippen LogP contribution in [0.3, 0.4) is 0 Å². The number of piperidine rings is 1. The molecule has 0 aromatic carbocycles. The van der Waals surface area contributed by atoms with Crippen LogP contribution >= 0.6 is 27.3 Å². The molecule has 82 valence electrons. The van der Waals surface area contributed by atoms with Crippen LogP contribution in [0.25, 0.3) is 0 Å². The molecule has 0 spiro atoms. The van der Waals surface area contributed by atoms with Crippen molar-refractivity contribution in [3.63, 3.8) is 0 Å². The Morgan fingerprint density at radius 2 is 2.47 bits per heavy atom. The summed E-state index contributed by atoms with van der Waals surface area (Å²) >= 11 is 5.05. The molecule has 1 atom stereocenters. The summed E-state index contributed by atoms with van der Waals surface area (Å²) < 4.78 is 1.08. The van der Waals surface area contributed by atoms with Gasteiger partial charge in [-0.1, -0.05) is 6.42 Å². The fourth-order valence-electron chi connectivity index (χ4n) is 1.87. The van der Waals surface area contributed by atoms with Crippen molar-refractivity contribution in [2.24, 2.45) is 0 Å². The summed E-state index contributed by atoms with van der Waals surface area (Å²) in [5.41, 5.74) is 0. The molecule has 15 heavy (non-hydrogen) atoms. The maximum atomic E-state index is 11.9. The Morgan fingerprint density at radius 3 is 3.07 bits per heavy atom. The van der Waals surface area contributed by atoms with Gasteiger partial charge in [-0.05, 0) is 41.4 Å². The van der Waals surface area contributed by atoms with E-state index in [2.05, 4.69) is 21.2 Å². The van der Waals surface area contributed by atoms with Crippen molar-refractivity contribution in [1.82, 2.24) is 5.32 Å². The van der Waals surface area contributed by atoms with E-state index in [-0.39, 0.29) is 6.04 Å². The third-order valence-corrected chi connectivity index (χ3v) is 4.37. The second-order valence-corrected chi connectivity index (χ2v) is 5.79. The molecule has 1 fully saturated rings. The first-order chi connectivity index (χ1) is 7.25. The zero-order valence-electron chi connectivity index (χ0n) is 8.46. The van der Waals surface area contributed by atoms with Gasteiger partial charge in [-0.2, -0.15) is 0 Å². The fourth-order valence-corrected chi connectivity index (χ4v) is 3.33. The van der Waals surface area contributed by atoms with Crippen LogP contribution < -0.4 is 5.32 Å². The lowest BCUT2D eigenvalue weighted by molar-refractivity contribution is -0.120. The molecule has 2 rings (SSSR count). The normalized spacial score (nSPS) is 21.5. The molecule has 1 aliphatic heterocycles. The summed E-state index contributed by atoms with van der Waals surface area (Å²) in [6.45, 7) is 0.991. The molecule has 0 aliphatic carbocycles. The number of ketones is 1. The third-order valence-electron chi connectivity index (χ3n) is 2.67. The van der Waals surface area contributed by atoms with E-state index in [9.17, 15) is 4.79 Å². The summed E-state index contributed by atoms with van der Waals surface area (Å²) in [4.78, 5) is 13.1. The van der Waals surface area contributed by atoms with Crippen LogP contribution in [0.2, 0.25) is 0 Å². The Labute approximate surface area is 102 Å². The average molecular weight is 288 g/mol. The van der Waals surface area contributed by atoms with Gasteiger partial charge >= 0.3 is 0 Å². The molecule has 0 amide bonds. The molecule has 0 radical (unpaired) electrons. The molecule has 1 unspecified atom stereocenters. The fraction of sp³-hybridized carbons (Fsp3) is 0.545. The number of hydrogen-bond acceptors (Lipinski definition) is 3. The number of carbonyl (C=O) groups excluding carboxylic acids is 1. The molecule has 1 aromatic heterocycles. The van der Waals surface area contributed by atoms with Gasteiger partial charge in [-0.15, -0.1) is 11.3 Å². The SMILES string of the molecule is O=C(Cc1cc(Br)cs1)C1CCCCN1. The average Bonchev–Trinajstić information content (AvgIpc) is 2.65. The lowest BCUT2D eigenvalue weighted by atomic mass is 9.99. The highest BCUT2D eigenvalue weighted by Gasteiger charge is 2.20. The predicted molar refractivity (Wildman–Crippen MR) is 66.4 cm³/mol. The van der Waals surface area contributed by atoms with Crippen molar-refractivity contribution >= 4 is 33.0 Å². The van der Waals surface area contributed by atoms with Crippen LogP contribution in [-0.2, 0) is 11.2 Å². The molecule has 4 heteroatoms. The van der Waals surface area contributed by atoms with Crippen molar-refractivity contribution in [3.05, 3.63) is 20.8 Å². The highest BCUT2D eigenvalue weighted by atomic mass is 79.9. The van der Waals surface area contributed by atoms with Gasteiger partial charge in [0.15, 0.2) is 5.78 Å². The quantitative estimate of drug-likeness (QED) is 0.926. The summed E-state index contributed by atoms with van der Waals surface area (Å²) in [7, 11) is 0. The van der Waals surface area contributed by atoms with E-state index in [0.717, 1.165) is 22.3 Å². The number of Topliss-reactive ketones (excluding diaryl/α,β-unsaturated/α-hetero) is 1. The third kappa shape index (κ3) is 3.13. The maximum Gasteiger partial charge on any atom is 0.154 e. The first-order valence-electron chi connectivity index (χ1n) is 5.25. The van der Waals surface area contributed by atoms with E-state index in [4.69, 9.17) is 0 Å². The Morgan fingerprint density at radius 1 is 1.60 bits per heavy atom. The van der Waals surface area contributed by atoms with Gasteiger partial charge < -0.3 is 5.32 Å². The van der Waals surface area contributed by atoms with Crippen molar-refractivity contribution in [3.8, 4) is 0 Å². The van der Waals surface area contributed by atoms with E-state index >= 15 is 0 Å². The van der Waals surface area contributed by atoms with E-state index < -0.39 is 0 Å². The number of nitrogens with one attached hydrogen (secondary N) is 1. The second-order valence-electron chi connectivity index (χ2n) is 3.88. The lowest BCUT2D eigenvalue weighted by Crippen LogP contribution is -2.41. The van der Waals surface area contributed by atoms with E-state index in [1.54, 1.807) is 11.3 Å². The van der Waals surface area contributed by atoms with Crippen molar-refractivity contribution in [2.45, 2.75) is 31.7 Å². The first kappa shape index (κ1) is 11.3. The van der Waals surface area contributed by atoms with Gasteiger partial charge in [0, 0.05) is 21.2 Å².